The van der Waals surface area contributed by atoms with Crippen LogP contribution in [-0.4, -0.2) is 15.7 Å². The van der Waals surface area contributed by atoms with Crippen molar-refractivity contribution in [1.82, 2.24) is 0 Å². The van der Waals surface area contributed by atoms with Gasteiger partial charge in [0.05, 0.1) is 6.10 Å². The molecular weight excluding hydrogens is 152 g/mol. The average Bonchev–Trinajstić information content (AvgIpc) is 1.59. The van der Waals surface area contributed by atoms with Gasteiger partial charge in [-0.3, -0.25) is 0 Å². The first-order chi connectivity index (χ1) is 4.18. The van der Waals surface area contributed by atoms with Gasteiger partial charge in [0.2, 0.25) is 4.38 Å². The third kappa shape index (κ3) is 2.14. The van der Waals surface area contributed by atoms with Crippen molar-refractivity contribution < 1.29 is 4.74 Å². The number of hydrogen-bond acceptors (Lipinski definition) is 3. The monoisotopic (exact) mass is 162 g/mol. The van der Waals surface area contributed by atoms with Crippen molar-refractivity contribution >= 4 is 28.4 Å². The van der Waals surface area contributed by atoms with Gasteiger partial charge in [-0.15, -0.1) is 0 Å². The predicted molar refractivity (Wildman–Crippen MR) is 44.8 cm³/mol. The molecule has 1 rings (SSSR count). The van der Waals surface area contributed by atoms with Gasteiger partial charge in [-0.2, -0.15) is 0 Å². The maximum absolute atomic E-state index is 5.25. The highest BCUT2D eigenvalue weighted by molar-refractivity contribution is 8.23. The van der Waals surface area contributed by atoms with Gasteiger partial charge in [0, 0.05) is 5.25 Å². The van der Waals surface area contributed by atoms with Crippen molar-refractivity contribution in [3.05, 3.63) is 0 Å². The lowest BCUT2D eigenvalue weighted by atomic mass is 10.2. The first-order valence-electron chi connectivity index (χ1n) is 3.05. The van der Waals surface area contributed by atoms with Crippen LogP contribution in [0.2, 0.25) is 0 Å². The molecule has 1 aliphatic rings. The van der Waals surface area contributed by atoms with Gasteiger partial charge in [-0.05, 0) is 25.6 Å². The Balaban J connectivity index is 2.43. The Hall–Kier alpha value is 0.240. The zero-order valence-electron chi connectivity index (χ0n) is 5.59. The summed E-state index contributed by atoms with van der Waals surface area (Å²) in [5.41, 5.74) is 0. The van der Waals surface area contributed by atoms with E-state index in [1.54, 1.807) is 11.8 Å². The third-order valence-corrected chi connectivity index (χ3v) is 2.53. The van der Waals surface area contributed by atoms with Crippen molar-refractivity contribution in [3.63, 3.8) is 0 Å². The van der Waals surface area contributed by atoms with Crippen molar-refractivity contribution in [2.75, 3.05) is 0 Å². The van der Waals surface area contributed by atoms with E-state index in [0.29, 0.717) is 15.7 Å². The van der Waals surface area contributed by atoms with Crippen LogP contribution in [0.25, 0.3) is 0 Å². The van der Waals surface area contributed by atoms with E-state index < -0.39 is 0 Å². The molecule has 1 nitrogen and oxygen atoms in total. The first-order valence-corrected chi connectivity index (χ1v) is 4.34. The average molecular weight is 162 g/mol. The van der Waals surface area contributed by atoms with Gasteiger partial charge in [0.1, 0.15) is 0 Å². The molecule has 1 saturated heterocycles. The minimum atomic E-state index is 0.328. The minimum absolute atomic E-state index is 0.328. The van der Waals surface area contributed by atoms with Crippen LogP contribution in [0.15, 0.2) is 0 Å². The van der Waals surface area contributed by atoms with Crippen molar-refractivity contribution in [1.29, 1.82) is 0 Å². The zero-order valence-corrected chi connectivity index (χ0v) is 7.22. The summed E-state index contributed by atoms with van der Waals surface area (Å²) in [6.45, 7) is 4.23. The lowest BCUT2D eigenvalue weighted by Gasteiger charge is -2.24. The fourth-order valence-corrected chi connectivity index (χ4v) is 2.49. The standard InChI is InChI=1S/C6H10OS2/c1-4-3-5(2)9-6(8)7-4/h4-5H,3H2,1-2H3. The highest BCUT2D eigenvalue weighted by Crippen LogP contribution is 2.26. The predicted octanol–water partition coefficient (Wildman–Crippen LogP) is 2.20. The Kier molecular flexibility index (Phi) is 2.35. The molecule has 0 aliphatic carbocycles. The molecule has 0 amide bonds. The van der Waals surface area contributed by atoms with Gasteiger partial charge in [0.25, 0.3) is 0 Å². The fourth-order valence-electron chi connectivity index (χ4n) is 0.920. The summed E-state index contributed by atoms with van der Waals surface area (Å²) in [6.07, 6.45) is 1.44. The molecule has 0 spiro atoms. The van der Waals surface area contributed by atoms with Crippen LogP contribution in [0.4, 0.5) is 0 Å². The van der Waals surface area contributed by atoms with E-state index in [9.17, 15) is 0 Å². The minimum Gasteiger partial charge on any atom is -0.476 e. The summed E-state index contributed by atoms with van der Waals surface area (Å²) in [7, 11) is 0. The molecule has 0 aromatic carbocycles. The Labute approximate surface area is 65.2 Å². The third-order valence-electron chi connectivity index (χ3n) is 1.26. The van der Waals surface area contributed by atoms with Crippen molar-refractivity contribution in [2.24, 2.45) is 0 Å². The molecule has 9 heavy (non-hydrogen) atoms. The second kappa shape index (κ2) is 2.88. The van der Waals surface area contributed by atoms with Crippen LogP contribution < -0.4 is 0 Å². The van der Waals surface area contributed by atoms with Gasteiger partial charge in [0.15, 0.2) is 0 Å². The molecular formula is C6H10OS2. The number of rotatable bonds is 0. The molecule has 0 bridgehead atoms. The van der Waals surface area contributed by atoms with E-state index in [1.165, 1.54) is 0 Å². The zero-order chi connectivity index (χ0) is 6.85. The van der Waals surface area contributed by atoms with E-state index in [4.69, 9.17) is 17.0 Å². The quantitative estimate of drug-likeness (QED) is 0.505. The van der Waals surface area contributed by atoms with E-state index in [2.05, 4.69) is 13.8 Å². The molecule has 0 aromatic heterocycles. The van der Waals surface area contributed by atoms with Crippen molar-refractivity contribution in [2.45, 2.75) is 31.6 Å². The van der Waals surface area contributed by atoms with Gasteiger partial charge >= 0.3 is 0 Å². The highest BCUT2D eigenvalue weighted by atomic mass is 32.2. The second-order valence-corrected chi connectivity index (χ2v) is 4.38. The molecule has 0 aromatic rings. The van der Waals surface area contributed by atoms with Gasteiger partial charge < -0.3 is 4.74 Å². The van der Waals surface area contributed by atoms with E-state index >= 15 is 0 Å². The molecule has 0 N–H and O–H groups in total. The molecule has 1 aliphatic heterocycles. The SMILES string of the molecule is CC1CC(C)SC(=S)O1. The lowest BCUT2D eigenvalue weighted by Crippen LogP contribution is -2.23. The lowest BCUT2D eigenvalue weighted by molar-refractivity contribution is 0.205. The van der Waals surface area contributed by atoms with Crippen LogP contribution in [0, 0.1) is 0 Å². The summed E-state index contributed by atoms with van der Waals surface area (Å²) >= 11 is 6.55. The number of hydrogen-bond donors (Lipinski definition) is 0. The number of thiocarbonyl (C=S) groups is 1. The normalized spacial score (nSPS) is 36.0. The Morgan fingerprint density at radius 1 is 1.67 bits per heavy atom. The summed E-state index contributed by atoms with van der Waals surface area (Å²) in [6, 6.07) is 0. The number of thioether (sulfide) groups is 1. The van der Waals surface area contributed by atoms with Crippen LogP contribution in [-0.2, 0) is 4.74 Å². The van der Waals surface area contributed by atoms with E-state index in [-0.39, 0.29) is 0 Å². The van der Waals surface area contributed by atoms with Gasteiger partial charge in [-0.1, -0.05) is 18.7 Å². The summed E-state index contributed by atoms with van der Waals surface area (Å²) in [4.78, 5) is 0. The molecule has 2 atom stereocenters. The Bertz CT molecular complexity index is 112. The molecule has 52 valence electrons. The van der Waals surface area contributed by atoms with E-state index in [1.807, 2.05) is 0 Å². The maximum Gasteiger partial charge on any atom is 0.220 e. The molecule has 3 heteroatoms. The van der Waals surface area contributed by atoms with Crippen LogP contribution in [0.1, 0.15) is 20.3 Å². The molecule has 1 fully saturated rings. The van der Waals surface area contributed by atoms with Gasteiger partial charge in [-0.25, -0.2) is 0 Å². The first kappa shape index (κ1) is 7.35. The largest absolute Gasteiger partial charge is 0.476 e. The Morgan fingerprint density at radius 2 is 2.33 bits per heavy atom. The molecule has 0 saturated carbocycles. The maximum atomic E-state index is 5.25. The van der Waals surface area contributed by atoms with Crippen LogP contribution in [0.5, 0.6) is 0 Å². The molecule has 0 radical (unpaired) electrons. The van der Waals surface area contributed by atoms with Crippen molar-refractivity contribution in [3.8, 4) is 0 Å². The van der Waals surface area contributed by atoms with Crippen LogP contribution >= 0.6 is 24.0 Å². The topological polar surface area (TPSA) is 9.23 Å². The highest BCUT2D eigenvalue weighted by Gasteiger charge is 2.19. The summed E-state index contributed by atoms with van der Waals surface area (Å²) < 4.78 is 5.96. The van der Waals surface area contributed by atoms with E-state index in [0.717, 1.165) is 6.42 Å². The molecule has 1 heterocycles. The second-order valence-electron chi connectivity index (χ2n) is 2.34. The smallest absolute Gasteiger partial charge is 0.220 e. The summed E-state index contributed by atoms with van der Waals surface area (Å²) in [5, 5.41) is 0.640. The summed E-state index contributed by atoms with van der Waals surface area (Å²) in [5.74, 6) is 0. The fraction of sp³-hybridized carbons (Fsp3) is 0.833. The molecule has 2 unspecified atom stereocenters. The Morgan fingerprint density at radius 3 is 2.78 bits per heavy atom. The number of ether oxygens (including phenoxy) is 1. The van der Waals surface area contributed by atoms with Crippen LogP contribution in [0.3, 0.4) is 0 Å².